The lowest BCUT2D eigenvalue weighted by molar-refractivity contribution is 0.0433. The van der Waals surface area contributed by atoms with E-state index in [0.29, 0.717) is 11.6 Å². The molecule has 1 aromatic heterocycles. The van der Waals surface area contributed by atoms with E-state index in [1.165, 1.54) is 0 Å². The summed E-state index contributed by atoms with van der Waals surface area (Å²) < 4.78 is 6.19. The van der Waals surface area contributed by atoms with Gasteiger partial charge in [0.05, 0.1) is 23.6 Å². The summed E-state index contributed by atoms with van der Waals surface area (Å²) in [7, 11) is 1.72. The summed E-state index contributed by atoms with van der Waals surface area (Å²) in [5.74, 6) is 0.0685. The fourth-order valence-corrected chi connectivity index (χ4v) is 3.89. The molecular formula is C21H26BrN3O2. The smallest absolute Gasteiger partial charge is 0.255 e. The van der Waals surface area contributed by atoms with E-state index in [4.69, 9.17) is 4.74 Å². The number of rotatable bonds is 5. The van der Waals surface area contributed by atoms with Crippen LogP contribution in [0, 0.1) is 6.92 Å². The molecule has 0 spiro atoms. The second-order valence-electron chi connectivity index (χ2n) is 6.97. The zero-order chi connectivity index (χ0) is 19.4. The summed E-state index contributed by atoms with van der Waals surface area (Å²) in [6, 6.07) is 12.2. The lowest BCUT2D eigenvalue weighted by Gasteiger charge is -2.39. The normalized spacial score (nSPS) is 17.9. The highest BCUT2D eigenvalue weighted by Crippen LogP contribution is 2.23. The van der Waals surface area contributed by atoms with Crippen LogP contribution < -0.4 is 0 Å². The SMILES string of the molecule is COCCN1CCN(C(=O)c2ccc(-c3cccc(Br)c3)nc2C)CC1C. The maximum Gasteiger partial charge on any atom is 0.255 e. The first-order valence-corrected chi connectivity index (χ1v) is 10.0. The number of pyridine rings is 1. The van der Waals surface area contributed by atoms with Crippen molar-refractivity contribution in [3.8, 4) is 11.3 Å². The van der Waals surface area contributed by atoms with E-state index in [9.17, 15) is 4.79 Å². The average Bonchev–Trinajstić information content (AvgIpc) is 2.66. The van der Waals surface area contributed by atoms with Gasteiger partial charge in [-0.1, -0.05) is 28.1 Å². The maximum absolute atomic E-state index is 13.0. The van der Waals surface area contributed by atoms with Gasteiger partial charge in [0.1, 0.15) is 0 Å². The van der Waals surface area contributed by atoms with Crippen LogP contribution in [-0.4, -0.2) is 66.6 Å². The van der Waals surface area contributed by atoms with E-state index >= 15 is 0 Å². The van der Waals surface area contributed by atoms with Crippen molar-refractivity contribution in [1.82, 2.24) is 14.8 Å². The van der Waals surface area contributed by atoms with Gasteiger partial charge in [0.25, 0.3) is 5.91 Å². The number of hydrogen-bond acceptors (Lipinski definition) is 4. The predicted molar refractivity (Wildman–Crippen MR) is 111 cm³/mol. The molecule has 1 atom stereocenters. The van der Waals surface area contributed by atoms with Crippen molar-refractivity contribution in [2.45, 2.75) is 19.9 Å². The van der Waals surface area contributed by atoms with Gasteiger partial charge in [-0.25, -0.2) is 0 Å². The van der Waals surface area contributed by atoms with E-state index in [1.54, 1.807) is 7.11 Å². The molecule has 1 aromatic carbocycles. The Morgan fingerprint density at radius 2 is 2.11 bits per heavy atom. The number of benzene rings is 1. The fourth-order valence-electron chi connectivity index (χ4n) is 3.49. The fraction of sp³-hybridized carbons (Fsp3) is 0.429. The molecule has 3 rings (SSSR count). The van der Waals surface area contributed by atoms with E-state index < -0.39 is 0 Å². The molecule has 1 fully saturated rings. The van der Waals surface area contributed by atoms with Crippen molar-refractivity contribution in [3.05, 3.63) is 52.1 Å². The zero-order valence-electron chi connectivity index (χ0n) is 16.1. The molecule has 0 radical (unpaired) electrons. The molecule has 2 aromatic rings. The molecule has 1 saturated heterocycles. The molecule has 1 aliphatic rings. The minimum atomic E-state index is 0.0685. The highest BCUT2D eigenvalue weighted by molar-refractivity contribution is 9.10. The molecule has 0 saturated carbocycles. The molecule has 1 amide bonds. The molecule has 5 nitrogen and oxygen atoms in total. The second kappa shape index (κ2) is 8.95. The molecule has 1 aliphatic heterocycles. The maximum atomic E-state index is 13.0. The van der Waals surface area contributed by atoms with Gasteiger partial charge in [-0.05, 0) is 38.1 Å². The summed E-state index contributed by atoms with van der Waals surface area (Å²) in [6.07, 6.45) is 0. The van der Waals surface area contributed by atoms with Gasteiger partial charge in [-0.3, -0.25) is 14.7 Å². The van der Waals surface area contributed by atoms with Crippen LogP contribution in [0.3, 0.4) is 0 Å². The highest BCUT2D eigenvalue weighted by Gasteiger charge is 2.28. The third-order valence-electron chi connectivity index (χ3n) is 5.07. The van der Waals surface area contributed by atoms with E-state index in [-0.39, 0.29) is 5.91 Å². The molecule has 0 N–H and O–H groups in total. The Morgan fingerprint density at radius 1 is 1.30 bits per heavy atom. The quantitative estimate of drug-likeness (QED) is 0.724. The summed E-state index contributed by atoms with van der Waals surface area (Å²) in [5, 5.41) is 0. The Morgan fingerprint density at radius 3 is 2.78 bits per heavy atom. The van der Waals surface area contributed by atoms with Crippen LogP contribution in [0.2, 0.25) is 0 Å². The Hall–Kier alpha value is -1.76. The van der Waals surface area contributed by atoms with Crippen LogP contribution in [0.4, 0.5) is 0 Å². The predicted octanol–water partition coefficient (Wildman–Crippen LogP) is 3.61. The molecule has 0 aliphatic carbocycles. The Balaban J connectivity index is 1.72. The minimum absolute atomic E-state index is 0.0685. The molecule has 144 valence electrons. The lowest BCUT2D eigenvalue weighted by atomic mass is 10.1. The summed E-state index contributed by atoms with van der Waals surface area (Å²) in [5.41, 5.74) is 3.37. The largest absolute Gasteiger partial charge is 0.383 e. The van der Waals surface area contributed by atoms with E-state index in [1.807, 2.05) is 48.2 Å². The molecule has 1 unspecified atom stereocenters. The number of nitrogens with zero attached hydrogens (tertiary/aromatic N) is 3. The molecule has 27 heavy (non-hydrogen) atoms. The third-order valence-corrected chi connectivity index (χ3v) is 5.56. The first-order valence-electron chi connectivity index (χ1n) is 9.25. The lowest BCUT2D eigenvalue weighted by Crippen LogP contribution is -2.54. The van der Waals surface area contributed by atoms with Crippen molar-refractivity contribution >= 4 is 21.8 Å². The van der Waals surface area contributed by atoms with Crippen molar-refractivity contribution in [2.24, 2.45) is 0 Å². The third kappa shape index (κ3) is 4.75. The summed E-state index contributed by atoms with van der Waals surface area (Å²) in [6.45, 7) is 8.04. The number of amides is 1. The van der Waals surface area contributed by atoms with Gasteiger partial charge >= 0.3 is 0 Å². The number of halogens is 1. The summed E-state index contributed by atoms with van der Waals surface area (Å²) in [4.78, 5) is 22.0. The Kier molecular flexibility index (Phi) is 6.63. The van der Waals surface area contributed by atoms with Crippen LogP contribution >= 0.6 is 15.9 Å². The molecule has 2 heterocycles. The standard InChI is InChI=1S/C21H26BrN3O2/c1-15-14-25(10-9-24(15)11-12-27-3)21(26)19-7-8-20(23-16(19)2)17-5-4-6-18(22)13-17/h4-8,13,15H,9-12,14H2,1-3H3. The number of methoxy groups -OCH3 is 1. The number of hydrogen-bond donors (Lipinski definition) is 0. The van der Waals surface area contributed by atoms with Crippen molar-refractivity contribution in [3.63, 3.8) is 0 Å². The molecule has 0 bridgehead atoms. The summed E-state index contributed by atoms with van der Waals surface area (Å²) >= 11 is 3.49. The number of aryl methyl sites for hydroxylation is 1. The average molecular weight is 432 g/mol. The van der Waals surface area contributed by atoms with Crippen LogP contribution in [0.25, 0.3) is 11.3 Å². The van der Waals surface area contributed by atoms with Gasteiger partial charge in [-0.2, -0.15) is 0 Å². The van der Waals surface area contributed by atoms with Gasteiger partial charge in [0.15, 0.2) is 0 Å². The van der Waals surface area contributed by atoms with E-state index in [2.05, 4.69) is 32.7 Å². The Labute approximate surface area is 169 Å². The van der Waals surface area contributed by atoms with Crippen molar-refractivity contribution in [1.29, 1.82) is 0 Å². The van der Waals surface area contributed by atoms with Crippen LogP contribution in [-0.2, 0) is 4.74 Å². The van der Waals surface area contributed by atoms with Gasteiger partial charge < -0.3 is 9.64 Å². The van der Waals surface area contributed by atoms with Crippen molar-refractivity contribution in [2.75, 3.05) is 39.9 Å². The first kappa shape index (κ1) is 20.0. The number of ether oxygens (including phenoxy) is 1. The Bertz CT molecular complexity index is 812. The molecular weight excluding hydrogens is 406 g/mol. The number of carbonyl (C=O) groups excluding carboxylic acids is 1. The number of aromatic nitrogens is 1. The van der Waals surface area contributed by atoms with Gasteiger partial charge in [-0.15, -0.1) is 0 Å². The molecule has 6 heteroatoms. The van der Waals surface area contributed by atoms with E-state index in [0.717, 1.165) is 54.2 Å². The zero-order valence-corrected chi connectivity index (χ0v) is 17.7. The number of carbonyl (C=O) groups is 1. The topological polar surface area (TPSA) is 45.7 Å². The highest BCUT2D eigenvalue weighted by atomic mass is 79.9. The first-order chi connectivity index (χ1) is 13.0. The monoisotopic (exact) mass is 431 g/mol. The van der Waals surface area contributed by atoms with Gasteiger partial charge in [0.2, 0.25) is 0 Å². The van der Waals surface area contributed by atoms with Gasteiger partial charge in [0, 0.05) is 49.4 Å². The second-order valence-corrected chi connectivity index (χ2v) is 7.88. The van der Waals surface area contributed by atoms with Crippen LogP contribution in [0.5, 0.6) is 0 Å². The van der Waals surface area contributed by atoms with Crippen LogP contribution in [0.1, 0.15) is 23.0 Å². The number of piperazine rings is 1. The minimum Gasteiger partial charge on any atom is -0.383 e. The van der Waals surface area contributed by atoms with Crippen molar-refractivity contribution < 1.29 is 9.53 Å². The van der Waals surface area contributed by atoms with Crippen LogP contribution in [0.15, 0.2) is 40.9 Å².